The zero-order chi connectivity index (χ0) is 14.7. The van der Waals surface area contributed by atoms with E-state index in [1.165, 1.54) is 0 Å². The van der Waals surface area contributed by atoms with Gasteiger partial charge in [0.15, 0.2) is 0 Å². The van der Waals surface area contributed by atoms with Gasteiger partial charge in [0.1, 0.15) is 0 Å². The van der Waals surface area contributed by atoms with E-state index in [2.05, 4.69) is 25.9 Å². The van der Waals surface area contributed by atoms with E-state index < -0.39 is 6.04 Å². The van der Waals surface area contributed by atoms with E-state index in [0.29, 0.717) is 18.4 Å². The van der Waals surface area contributed by atoms with Gasteiger partial charge in [0, 0.05) is 19.1 Å². The van der Waals surface area contributed by atoms with Gasteiger partial charge in [-0.25, -0.2) is 0 Å². The van der Waals surface area contributed by atoms with E-state index in [-0.39, 0.29) is 5.91 Å². The molecule has 2 N–H and O–H groups in total. The molecule has 1 aliphatic heterocycles. The van der Waals surface area contributed by atoms with Gasteiger partial charge in [0.2, 0.25) is 5.91 Å². The first-order chi connectivity index (χ1) is 9.49. The van der Waals surface area contributed by atoms with Crippen molar-refractivity contribution in [3.8, 4) is 0 Å². The van der Waals surface area contributed by atoms with E-state index in [0.717, 1.165) is 18.7 Å². The Labute approximate surface area is 121 Å². The summed E-state index contributed by atoms with van der Waals surface area (Å²) < 4.78 is 0. The van der Waals surface area contributed by atoms with Crippen molar-refractivity contribution in [2.24, 2.45) is 11.7 Å². The minimum absolute atomic E-state index is 0.0741. The van der Waals surface area contributed by atoms with Gasteiger partial charge in [-0.2, -0.15) is 0 Å². The number of rotatable bonds is 4. The molecule has 4 heteroatoms. The number of likely N-dealkylation sites (N-methyl/N-ethyl adjacent to an activating group) is 1. The van der Waals surface area contributed by atoms with Crippen LogP contribution in [-0.4, -0.2) is 55.0 Å². The molecular weight excluding hydrogens is 250 g/mol. The first kappa shape index (κ1) is 15.0. The number of nitrogens with two attached hydrogens (primary N) is 1. The molecule has 1 saturated heterocycles. The third kappa shape index (κ3) is 3.38. The number of likely N-dealkylation sites (tertiary alicyclic amines) is 1. The quantitative estimate of drug-likeness (QED) is 0.890. The predicted molar refractivity (Wildman–Crippen MR) is 81.3 cm³/mol. The molecule has 1 aliphatic rings. The molecule has 2 rings (SSSR count). The molecule has 0 saturated carbocycles. The molecule has 1 aromatic carbocycles. The van der Waals surface area contributed by atoms with Gasteiger partial charge in [-0.15, -0.1) is 0 Å². The molecule has 110 valence electrons. The Morgan fingerprint density at radius 1 is 1.35 bits per heavy atom. The summed E-state index contributed by atoms with van der Waals surface area (Å²) in [5.41, 5.74) is 7.21. The minimum Gasteiger partial charge on any atom is -0.339 e. The zero-order valence-electron chi connectivity index (χ0n) is 12.6. The summed E-state index contributed by atoms with van der Waals surface area (Å²) in [5.74, 6) is 0.572. The molecule has 0 bridgehead atoms. The Morgan fingerprint density at radius 2 is 2.00 bits per heavy atom. The molecule has 3 atom stereocenters. The smallest absolute Gasteiger partial charge is 0.239 e. The maximum atomic E-state index is 12.4. The van der Waals surface area contributed by atoms with Gasteiger partial charge in [-0.1, -0.05) is 37.3 Å². The summed E-state index contributed by atoms with van der Waals surface area (Å²) in [6.07, 6.45) is 0.608. The average molecular weight is 275 g/mol. The second kappa shape index (κ2) is 6.37. The first-order valence-electron chi connectivity index (χ1n) is 7.23. The minimum atomic E-state index is -0.439. The molecule has 0 spiro atoms. The second-order valence-electron chi connectivity index (χ2n) is 6.05. The standard InChI is InChI=1S/C16H25N3O/c1-12-10-19(11-15(12)18(2)3)16(20)14(17)9-13-7-5-4-6-8-13/h4-8,12,14-15H,9-11,17H2,1-3H3/t12?,14-,15?/m1/s1. The number of amides is 1. The largest absolute Gasteiger partial charge is 0.339 e. The van der Waals surface area contributed by atoms with Crippen molar-refractivity contribution >= 4 is 5.91 Å². The number of carbonyl (C=O) groups excluding carboxylic acids is 1. The summed E-state index contributed by atoms with van der Waals surface area (Å²) in [7, 11) is 4.14. The highest BCUT2D eigenvalue weighted by Crippen LogP contribution is 2.20. The second-order valence-corrected chi connectivity index (χ2v) is 6.05. The van der Waals surface area contributed by atoms with Crippen LogP contribution >= 0.6 is 0 Å². The lowest BCUT2D eigenvalue weighted by atomic mass is 10.1. The highest BCUT2D eigenvalue weighted by Gasteiger charge is 2.35. The number of hydrogen-bond donors (Lipinski definition) is 1. The Morgan fingerprint density at radius 3 is 2.55 bits per heavy atom. The molecule has 1 amide bonds. The molecule has 0 radical (unpaired) electrons. The van der Waals surface area contributed by atoms with Crippen molar-refractivity contribution < 1.29 is 4.79 Å². The molecule has 1 fully saturated rings. The SMILES string of the molecule is CC1CN(C(=O)[C@H](N)Cc2ccccc2)CC1N(C)C. The van der Waals surface area contributed by atoms with Crippen molar-refractivity contribution in [3.63, 3.8) is 0 Å². The van der Waals surface area contributed by atoms with Gasteiger partial charge in [0.25, 0.3) is 0 Å². The normalized spacial score (nSPS) is 24.1. The number of hydrogen-bond acceptors (Lipinski definition) is 3. The van der Waals surface area contributed by atoms with Crippen LogP contribution in [0.1, 0.15) is 12.5 Å². The van der Waals surface area contributed by atoms with Crippen LogP contribution in [0.5, 0.6) is 0 Å². The van der Waals surface area contributed by atoms with E-state index in [1.807, 2.05) is 35.2 Å². The van der Waals surface area contributed by atoms with Crippen LogP contribution in [0.2, 0.25) is 0 Å². The summed E-state index contributed by atoms with van der Waals surface area (Å²) in [4.78, 5) is 16.6. The topological polar surface area (TPSA) is 49.6 Å². The van der Waals surface area contributed by atoms with E-state index in [1.54, 1.807) is 0 Å². The van der Waals surface area contributed by atoms with Gasteiger partial charge in [0.05, 0.1) is 6.04 Å². The maximum Gasteiger partial charge on any atom is 0.239 e. The van der Waals surface area contributed by atoms with Crippen LogP contribution in [-0.2, 0) is 11.2 Å². The number of benzene rings is 1. The van der Waals surface area contributed by atoms with Crippen LogP contribution in [0.15, 0.2) is 30.3 Å². The van der Waals surface area contributed by atoms with Crippen LogP contribution in [0.3, 0.4) is 0 Å². The van der Waals surface area contributed by atoms with Crippen molar-refractivity contribution in [2.75, 3.05) is 27.2 Å². The molecule has 0 aliphatic carbocycles. The zero-order valence-corrected chi connectivity index (χ0v) is 12.6. The fraction of sp³-hybridized carbons (Fsp3) is 0.562. The fourth-order valence-electron chi connectivity index (χ4n) is 2.99. The Balaban J connectivity index is 1.95. The molecular formula is C16H25N3O. The molecule has 4 nitrogen and oxygen atoms in total. The summed E-state index contributed by atoms with van der Waals surface area (Å²) in [5, 5.41) is 0. The van der Waals surface area contributed by atoms with Crippen molar-refractivity contribution in [1.29, 1.82) is 0 Å². The Bertz CT molecular complexity index is 446. The highest BCUT2D eigenvalue weighted by atomic mass is 16.2. The third-order valence-electron chi connectivity index (χ3n) is 4.16. The predicted octanol–water partition coefficient (Wildman–Crippen LogP) is 0.965. The van der Waals surface area contributed by atoms with Crippen LogP contribution in [0, 0.1) is 5.92 Å². The van der Waals surface area contributed by atoms with E-state index in [9.17, 15) is 4.79 Å². The van der Waals surface area contributed by atoms with Crippen molar-refractivity contribution in [3.05, 3.63) is 35.9 Å². The van der Waals surface area contributed by atoms with Crippen LogP contribution in [0.4, 0.5) is 0 Å². The lowest BCUT2D eigenvalue weighted by Gasteiger charge is -2.23. The van der Waals surface area contributed by atoms with E-state index in [4.69, 9.17) is 5.73 Å². The monoisotopic (exact) mass is 275 g/mol. The van der Waals surface area contributed by atoms with Gasteiger partial charge in [-0.05, 0) is 32.0 Å². The summed E-state index contributed by atoms with van der Waals surface area (Å²) in [6.45, 7) is 3.79. The lowest BCUT2D eigenvalue weighted by Crippen LogP contribution is -2.45. The van der Waals surface area contributed by atoms with Crippen molar-refractivity contribution in [1.82, 2.24) is 9.80 Å². The number of carbonyl (C=O) groups is 1. The molecule has 1 aromatic rings. The van der Waals surface area contributed by atoms with Gasteiger partial charge >= 0.3 is 0 Å². The van der Waals surface area contributed by atoms with Gasteiger partial charge < -0.3 is 15.5 Å². The number of nitrogens with zero attached hydrogens (tertiary/aromatic N) is 2. The molecule has 0 aromatic heterocycles. The lowest BCUT2D eigenvalue weighted by molar-refractivity contribution is -0.131. The van der Waals surface area contributed by atoms with Gasteiger partial charge in [-0.3, -0.25) is 4.79 Å². The first-order valence-corrected chi connectivity index (χ1v) is 7.23. The summed E-state index contributed by atoms with van der Waals surface area (Å²) in [6, 6.07) is 9.96. The van der Waals surface area contributed by atoms with Crippen LogP contribution < -0.4 is 5.73 Å². The summed E-state index contributed by atoms with van der Waals surface area (Å²) >= 11 is 0. The van der Waals surface area contributed by atoms with Crippen LogP contribution in [0.25, 0.3) is 0 Å². The van der Waals surface area contributed by atoms with E-state index >= 15 is 0 Å². The molecule has 20 heavy (non-hydrogen) atoms. The average Bonchev–Trinajstić information content (AvgIpc) is 2.81. The van der Waals surface area contributed by atoms with Crippen molar-refractivity contribution in [2.45, 2.75) is 25.4 Å². The Hall–Kier alpha value is -1.39. The molecule has 2 unspecified atom stereocenters. The third-order valence-corrected chi connectivity index (χ3v) is 4.16. The maximum absolute atomic E-state index is 12.4. The Kier molecular flexibility index (Phi) is 4.78. The highest BCUT2D eigenvalue weighted by molar-refractivity contribution is 5.82. The molecule has 1 heterocycles. The fourth-order valence-corrected chi connectivity index (χ4v) is 2.99.